The second-order valence-electron chi connectivity index (χ2n) is 8.41. The van der Waals surface area contributed by atoms with Crippen LogP contribution in [0.1, 0.15) is 67.3 Å². The average molecular weight is 438 g/mol. The van der Waals surface area contributed by atoms with Crippen molar-refractivity contribution >= 4 is 23.5 Å². The van der Waals surface area contributed by atoms with Gasteiger partial charge >= 0.3 is 0 Å². The molecule has 0 bridgehead atoms. The Bertz CT molecular complexity index is 1070. The van der Waals surface area contributed by atoms with Crippen molar-refractivity contribution in [2.75, 3.05) is 11.1 Å². The minimum atomic E-state index is -0.0695. The largest absolute Gasteiger partial charge is 0.310 e. The Hall–Kier alpha value is -2.68. The molecule has 5 rings (SSSR count). The van der Waals surface area contributed by atoms with Crippen molar-refractivity contribution < 1.29 is 4.79 Å². The highest BCUT2D eigenvalue weighted by atomic mass is 32.2. The lowest BCUT2D eigenvalue weighted by molar-refractivity contribution is -0.113. The molecule has 8 nitrogen and oxygen atoms in total. The topological polar surface area (TPSA) is 90.5 Å². The number of aromatic nitrogens is 6. The number of nitrogens with one attached hydrogen (secondary N) is 1. The van der Waals surface area contributed by atoms with Gasteiger partial charge in [0.25, 0.3) is 0 Å². The summed E-state index contributed by atoms with van der Waals surface area (Å²) < 4.78 is 3.87. The van der Waals surface area contributed by atoms with Crippen LogP contribution in [0.25, 0.3) is 0 Å². The van der Waals surface area contributed by atoms with Crippen molar-refractivity contribution in [3.8, 4) is 0 Å². The maximum absolute atomic E-state index is 12.8. The van der Waals surface area contributed by atoms with Gasteiger partial charge < -0.3 is 5.32 Å². The Labute approximate surface area is 185 Å². The van der Waals surface area contributed by atoms with Crippen LogP contribution in [-0.4, -0.2) is 41.6 Å². The number of anilines is 1. The molecule has 2 aliphatic rings. The van der Waals surface area contributed by atoms with Crippen LogP contribution in [0.2, 0.25) is 0 Å². The highest BCUT2D eigenvalue weighted by molar-refractivity contribution is 7.99. The van der Waals surface area contributed by atoms with Crippen LogP contribution in [0.4, 0.5) is 5.82 Å². The summed E-state index contributed by atoms with van der Waals surface area (Å²) in [6.45, 7) is 1.99. The first-order valence-corrected chi connectivity index (χ1v) is 12.0. The molecule has 1 amide bonds. The summed E-state index contributed by atoms with van der Waals surface area (Å²) in [4.78, 5) is 12.8. The van der Waals surface area contributed by atoms with E-state index in [1.165, 1.54) is 35.7 Å². The van der Waals surface area contributed by atoms with Crippen molar-refractivity contribution in [1.29, 1.82) is 0 Å². The van der Waals surface area contributed by atoms with E-state index in [4.69, 9.17) is 0 Å². The van der Waals surface area contributed by atoms with Gasteiger partial charge in [-0.25, -0.2) is 9.36 Å². The van der Waals surface area contributed by atoms with E-state index in [0.717, 1.165) is 43.5 Å². The average Bonchev–Trinajstić information content (AvgIpc) is 3.54. The van der Waals surface area contributed by atoms with Crippen LogP contribution in [0.15, 0.2) is 35.6 Å². The predicted molar refractivity (Wildman–Crippen MR) is 119 cm³/mol. The second-order valence-corrected chi connectivity index (χ2v) is 9.35. The van der Waals surface area contributed by atoms with E-state index in [1.807, 2.05) is 22.5 Å². The van der Waals surface area contributed by atoms with Crippen molar-refractivity contribution in [3.05, 3.63) is 47.2 Å². The fourth-order valence-corrected chi connectivity index (χ4v) is 5.52. The van der Waals surface area contributed by atoms with Gasteiger partial charge in [0.15, 0.2) is 0 Å². The number of aryl methyl sites for hydroxylation is 2. The van der Waals surface area contributed by atoms with Gasteiger partial charge in [-0.1, -0.05) is 48.9 Å². The van der Waals surface area contributed by atoms with Gasteiger partial charge in [-0.15, -0.1) is 5.10 Å². The molecule has 1 atom stereocenters. The first-order valence-electron chi connectivity index (χ1n) is 11.0. The number of hydrogen-bond acceptors (Lipinski definition) is 6. The standard InChI is InChI=1S/C22H27N7OS/c1-15-13-23-29(19-12-6-8-16-7-2-5-11-18(16)19)21(15)24-20(30)14-31-22-25-26-27-28(22)17-9-3-4-10-17/h2,5,7,11,13,17,19H,3-4,6,8-10,12,14H2,1H3,(H,24,30). The second kappa shape index (κ2) is 8.82. The quantitative estimate of drug-likeness (QED) is 0.587. The molecular formula is C22H27N7OS. The van der Waals surface area contributed by atoms with Gasteiger partial charge in [0.05, 0.1) is 24.0 Å². The number of amides is 1. The van der Waals surface area contributed by atoms with E-state index in [9.17, 15) is 4.79 Å². The van der Waals surface area contributed by atoms with Crippen molar-refractivity contribution in [2.24, 2.45) is 0 Å². The molecule has 1 aromatic carbocycles. The van der Waals surface area contributed by atoms with E-state index in [0.29, 0.717) is 11.2 Å². The van der Waals surface area contributed by atoms with Crippen LogP contribution >= 0.6 is 11.8 Å². The fourth-order valence-electron chi connectivity index (χ4n) is 4.78. The minimum Gasteiger partial charge on any atom is -0.310 e. The summed E-state index contributed by atoms with van der Waals surface area (Å²) in [5.74, 6) is 0.974. The number of carbonyl (C=O) groups is 1. The lowest BCUT2D eigenvalue weighted by atomic mass is 9.88. The van der Waals surface area contributed by atoms with Crippen LogP contribution < -0.4 is 5.32 Å². The molecule has 3 aromatic rings. The summed E-state index contributed by atoms with van der Waals surface area (Å²) in [6, 6.07) is 9.06. The Kier molecular flexibility index (Phi) is 5.76. The molecule has 162 valence electrons. The zero-order chi connectivity index (χ0) is 21.2. The van der Waals surface area contributed by atoms with Gasteiger partial charge in [0.2, 0.25) is 11.1 Å². The minimum absolute atomic E-state index is 0.0695. The summed E-state index contributed by atoms with van der Waals surface area (Å²) in [7, 11) is 0. The highest BCUT2D eigenvalue weighted by Crippen LogP contribution is 2.35. The number of hydrogen-bond donors (Lipinski definition) is 1. The highest BCUT2D eigenvalue weighted by Gasteiger charge is 2.26. The van der Waals surface area contributed by atoms with Crippen LogP contribution in [-0.2, 0) is 11.2 Å². The summed E-state index contributed by atoms with van der Waals surface area (Å²) >= 11 is 1.39. The first-order chi connectivity index (χ1) is 15.2. The third kappa shape index (κ3) is 4.11. The number of nitrogens with zero attached hydrogens (tertiary/aromatic N) is 6. The molecule has 1 unspecified atom stereocenters. The first kappa shape index (κ1) is 20.2. The number of carbonyl (C=O) groups excluding carboxylic acids is 1. The van der Waals surface area contributed by atoms with Crippen LogP contribution in [0.5, 0.6) is 0 Å². The Morgan fingerprint density at radius 1 is 1.16 bits per heavy atom. The Morgan fingerprint density at radius 3 is 2.87 bits per heavy atom. The number of rotatable bonds is 6. The van der Waals surface area contributed by atoms with Crippen molar-refractivity contribution in [1.82, 2.24) is 30.0 Å². The van der Waals surface area contributed by atoms with Gasteiger partial charge in [-0.05, 0) is 60.6 Å². The zero-order valence-corrected chi connectivity index (χ0v) is 18.5. The lowest BCUT2D eigenvalue weighted by Crippen LogP contribution is -2.23. The van der Waals surface area contributed by atoms with Gasteiger partial charge in [0.1, 0.15) is 5.82 Å². The molecule has 1 fully saturated rings. The maximum atomic E-state index is 12.8. The number of fused-ring (bicyclic) bond motifs is 1. The molecule has 2 aliphatic carbocycles. The van der Waals surface area contributed by atoms with Crippen LogP contribution in [0.3, 0.4) is 0 Å². The summed E-state index contributed by atoms with van der Waals surface area (Å²) in [6.07, 6.45) is 9.70. The molecule has 0 aliphatic heterocycles. The molecule has 31 heavy (non-hydrogen) atoms. The van der Waals surface area contributed by atoms with Crippen LogP contribution in [0, 0.1) is 6.92 Å². The third-order valence-electron chi connectivity index (χ3n) is 6.33. The Balaban J connectivity index is 1.29. The van der Waals surface area contributed by atoms with Gasteiger partial charge in [-0.2, -0.15) is 5.10 Å². The molecule has 0 radical (unpaired) electrons. The SMILES string of the molecule is Cc1cnn(C2CCCc3ccccc32)c1NC(=O)CSc1nnnn1C1CCCC1. The number of tetrazole rings is 1. The van der Waals surface area contributed by atoms with Gasteiger partial charge in [0, 0.05) is 5.56 Å². The monoisotopic (exact) mass is 437 g/mol. The number of thioether (sulfide) groups is 1. The molecule has 2 aromatic heterocycles. The fraction of sp³-hybridized carbons (Fsp3) is 0.500. The molecule has 2 heterocycles. The molecule has 9 heteroatoms. The van der Waals surface area contributed by atoms with E-state index in [-0.39, 0.29) is 17.7 Å². The summed E-state index contributed by atoms with van der Waals surface area (Å²) in [5.41, 5.74) is 3.65. The maximum Gasteiger partial charge on any atom is 0.236 e. The molecule has 0 spiro atoms. The van der Waals surface area contributed by atoms with E-state index < -0.39 is 0 Å². The molecule has 1 saturated carbocycles. The van der Waals surface area contributed by atoms with E-state index in [1.54, 1.807) is 0 Å². The van der Waals surface area contributed by atoms with E-state index >= 15 is 0 Å². The lowest BCUT2D eigenvalue weighted by Gasteiger charge is -2.27. The van der Waals surface area contributed by atoms with Crippen molar-refractivity contribution in [2.45, 2.75) is 69.1 Å². The number of benzene rings is 1. The predicted octanol–water partition coefficient (Wildman–Crippen LogP) is 3.95. The smallest absolute Gasteiger partial charge is 0.236 e. The molecular weight excluding hydrogens is 410 g/mol. The third-order valence-corrected chi connectivity index (χ3v) is 7.27. The normalized spacial score (nSPS) is 18.8. The zero-order valence-electron chi connectivity index (χ0n) is 17.7. The van der Waals surface area contributed by atoms with Gasteiger partial charge in [-0.3, -0.25) is 4.79 Å². The molecule has 0 saturated heterocycles. The molecule has 1 N–H and O–H groups in total. The Morgan fingerprint density at radius 2 is 2.00 bits per heavy atom. The van der Waals surface area contributed by atoms with Crippen molar-refractivity contribution in [3.63, 3.8) is 0 Å². The van der Waals surface area contributed by atoms with E-state index in [2.05, 4.69) is 50.2 Å². The summed E-state index contributed by atoms with van der Waals surface area (Å²) in [5, 5.41) is 20.6.